The summed E-state index contributed by atoms with van der Waals surface area (Å²) in [6.07, 6.45) is 5.67. The number of rotatable bonds is 9. The van der Waals surface area contributed by atoms with Crippen molar-refractivity contribution in [3.8, 4) is 22.6 Å². The van der Waals surface area contributed by atoms with E-state index in [1.807, 2.05) is 18.2 Å². The summed E-state index contributed by atoms with van der Waals surface area (Å²) in [6, 6.07) is 13.3. The first-order valence-corrected chi connectivity index (χ1v) is 14.8. The number of anilines is 1. The first-order chi connectivity index (χ1) is 21.7. The maximum absolute atomic E-state index is 13.8. The molecule has 2 aliphatic rings. The van der Waals surface area contributed by atoms with Crippen LogP contribution in [0.3, 0.4) is 0 Å². The maximum atomic E-state index is 13.8. The van der Waals surface area contributed by atoms with Gasteiger partial charge in [-0.2, -0.15) is 0 Å². The highest BCUT2D eigenvalue weighted by Crippen LogP contribution is 2.38. The molecule has 4 heterocycles. The summed E-state index contributed by atoms with van der Waals surface area (Å²) in [7, 11) is 0. The van der Waals surface area contributed by atoms with Crippen molar-refractivity contribution in [1.29, 1.82) is 0 Å². The van der Waals surface area contributed by atoms with Gasteiger partial charge in [0.05, 0.1) is 42.5 Å². The third-order valence-corrected chi connectivity index (χ3v) is 8.13. The molecule has 1 amide bonds. The molecule has 6 rings (SSSR count). The van der Waals surface area contributed by atoms with Crippen LogP contribution in [-0.4, -0.2) is 55.6 Å². The molecule has 0 bridgehead atoms. The zero-order valence-corrected chi connectivity index (χ0v) is 24.8. The van der Waals surface area contributed by atoms with Crippen molar-refractivity contribution in [3.63, 3.8) is 0 Å². The number of carbonyl (C=O) groups excluding carboxylic acids is 2. The van der Waals surface area contributed by atoms with Gasteiger partial charge in [0.25, 0.3) is 5.91 Å². The third kappa shape index (κ3) is 6.54. The third-order valence-electron chi connectivity index (χ3n) is 8.13. The van der Waals surface area contributed by atoms with Crippen molar-refractivity contribution in [3.05, 3.63) is 78.3 Å². The second kappa shape index (κ2) is 12.7. The summed E-state index contributed by atoms with van der Waals surface area (Å²) < 4.78 is 31.6. The first kappa shape index (κ1) is 30.3. The number of halogens is 1. The monoisotopic (exact) mass is 615 g/mol. The molecule has 234 valence electrons. The van der Waals surface area contributed by atoms with Crippen LogP contribution in [-0.2, 0) is 30.3 Å². The first-order valence-electron chi connectivity index (χ1n) is 14.8. The zero-order valence-electron chi connectivity index (χ0n) is 24.8. The number of hydrogen-bond acceptors (Lipinski definition) is 10. The van der Waals surface area contributed by atoms with E-state index in [1.165, 1.54) is 12.1 Å². The quantitative estimate of drug-likeness (QED) is 0.229. The van der Waals surface area contributed by atoms with Crippen molar-refractivity contribution in [1.82, 2.24) is 24.9 Å². The minimum Gasteiger partial charge on any atom is -0.448 e. The van der Waals surface area contributed by atoms with E-state index in [-0.39, 0.29) is 19.0 Å². The predicted octanol–water partition coefficient (Wildman–Crippen LogP) is 4.46. The number of amides is 1. The number of primary amides is 1. The number of nitrogens with two attached hydrogens (primary N) is 1. The fourth-order valence-corrected chi connectivity index (χ4v) is 5.47. The molecule has 4 N–H and O–H groups in total. The summed E-state index contributed by atoms with van der Waals surface area (Å²) in [5.74, 6) is -0.894. The molecule has 1 aliphatic carbocycles. The summed E-state index contributed by atoms with van der Waals surface area (Å²) >= 11 is 0. The molecule has 1 saturated heterocycles. The molecule has 2 fully saturated rings. The zero-order chi connectivity index (χ0) is 31.4. The minimum absolute atomic E-state index is 0.0393. The second-order valence-corrected chi connectivity index (χ2v) is 11.6. The number of nitrogens with zero attached hydrogens (tertiary/aromatic N) is 4. The van der Waals surface area contributed by atoms with Crippen molar-refractivity contribution in [2.75, 3.05) is 18.5 Å². The number of nitrogens with one attached hydrogen (secondary N) is 2. The molecule has 0 radical (unpaired) electrons. The molecule has 0 spiro atoms. The Bertz CT molecular complexity index is 1650. The molecule has 12 nitrogen and oxygen atoms in total. The molecule has 13 heteroatoms. The number of aromatic amines is 1. The Morgan fingerprint density at radius 2 is 1.78 bits per heavy atom. The molecule has 1 saturated carbocycles. The maximum Gasteiger partial charge on any atom is 0.317 e. The van der Waals surface area contributed by atoms with Crippen LogP contribution in [0.2, 0.25) is 0 Å². The van der Waals surface area contributed by atoms with E-state index in [2.05, 4.69) is 25.3 Å². The Hall–Kier alpha value is -4.75. The normalized spacial score (nSPS) is 21.2. The molecular weight excluding hydrogens is 581 g/mol. The molecule has 3 aromatic heterocycles. The van der Waals surface area contributed by atoms with Crippen LogP contribution in [0.1, 0.15) is 56.8 Å². The fraction of sp³-hybridized carbons (Fsp3) is 0.375. The molecular formula is C32H34FN7O5. The van der Waals surface area contributed by atoms with Gasteiger partial charge in [0.1, 0.15) is 11.2 Å². The van der Waals surface area contributed by atoms with Gasteiger partial charge in [-0.25, -0.2) is 19.3 Å². The number of imidazole rings is 1. The molecule has 0 unspecified atom stereocenters. The highest BCUT2D eigenvalue weighted by atomic mass is 19.1. The Morgan fingerprint density at radius 1 is 1.02 bits per heavy atom. The average Bonchev–Trinajstić information content (AvgIpc) is 3.51. The largest absolute Gasteiger partial charge is 0.448 e. The molecule has 1 aromatic carbocycles. The topological polar surface area (TPSA) is 167 Å². The van der Waals surface area contributed by atoms with Crippen molar-refractivity contribution < 1.29 is 28.2 Å². The van der Waals surface area contributed by atoms with Gasteiger partial charge in [-0.05, 0) is 75.1 Å². The van der Waals surface area contributed by atoms with Crippen LogP contribution in [0, 0.1) is 11.2 Å². The number of aromatic nitrogens is 5. The second-order valence-electron chi connectivity index (χ2n) is 11.6. The lowest BCUT2D eigenvalue weighted by atomic mass is 9.83. The van der Waals surface area contributed by atoms with Gasteiger partial charge >= 0.3 is 5.97 Å². The SMILES string of the molecule is CC1(C(=O)OC2(C(N)=O)CCCCC2)COC(c2nc(-c3ccc(F)cc3)c(-c3ccnc(NCc4ccccn4)n3)[nH]2)OC1. The van der Waals surface area contributed by atoms with E-state index in [0.29, 0.717) is 53.8 Å². The van der Waals surface area contributed by atoms with Crippen molar-refractivity contribution in [2.24, 2.45) is 11.1 Å². The van der Waals surface area contributed by atoms with Gasteiger partial charge in [-0.3, -0.25) is 14.6 Å². The van der Waals surface area contributed by atoms with Crippen LogP contribution in [0.25, 0.3) is 22.6 Å². The number of hydrogen-bond donors (Lipinski definition) is 3. The lowest BCUT2D eigenvalue weighted by Gasteiger charge is -2.39. The van der Waals surface area contributed by atoms with E-state index < -0.39 is 29.2 Å². The Balaban J connectivity index is 1.22. The van der Waals surface area contributed by atoms with E-state index >= 15 is 0 Å². The predicted molar refractivity (Wildman–Crippen MR) is 160 cm³/mol. The van der Waals surface area contributed by atoms with Gasteiger partial charge in [-0.15, -0.1) is 0 Å². The number of H-pyrrole nitrogens is 1. The summed E-state index contributed by atoms with van der Waals surface area (Å²) in [5.41, 5.74) is 6.24. The van der Waals surface area contributed by atoms with Crippen molar-refractivity contribution >= 4 is 17.8 Å². The smallest absolute Gasteiger partial charge is 0.317 e. The summed E-state index contributed by atoms with van der Waals surface area (Å²) in [5, 5.41) is 3.18. The number of pyridine rings is 1. The number of benzene rings is 1. The van der Waals surface area contributed by atoms with Gasteiger partial charge in [0.2, 0.25) is 12.2 Å². The van der Waals surface area contributed by atoms with Gasteiger partial charge in [0, 0.05) is 18.0 Å². The number of esters is 1. The molecule has 4 aromatic rings. The van der Waals surface area contributed by atoms with Gasteiger partial charge < -0.3 is 30.2 Å². The summed E-state index contributed by atoms with van der Waals surface area (Å²) in [4.78, 5) is 46.9. The molecule has 45 heavy (non-hydrogen) atoms. The highest BCUT2D eigenvalue weighted by Gasteiger charge is 2.48. The van der Waals surface area contributed by atoms with Crippen molar-refractivity contribution in [2.45, 2.75) is 57.5 Å². The average molecular weight is 616 g/mol. The summed E-state index contributed by atoms with van der Waals surface area (Å²) in [6.45, 7) is 2.01. The standard InChI is InChI=1S/C32H34FN7O5/c1-31(29(42)45-32(28(34)41)13-4-2-5-14-32)18-43-27(44-19-31)26-39-24(20-8-10-21(33)11-9-20)25(40-26)23-12-16-36-30(38-23)37-17-22-7-3-6-15-35-22/h3,6-12,15-16,27H,2,4-5,13-14,17-19H2,1H3,(H2,34,41)(H,39,40)(H,36,37,38). The number of ether oxygens (including phenoxy) is 3. The van der Waals surface area contributed by atoms with Gasteiger partial charge in [-0.1, -0.05) is 12.5 Å². The van der Waals surface area contributed by atoms with Crippen LogP contribution in [0.15, 0.2) is 60.9 Å². The lowest BCUT2D eigenvalue weighted by molar-refractivity contribution is -0.243. The van der Waals surface area contributed by atoms with Crippen LogP contribution in [0.4, 0.5) is 10.3 Å². The van der Waals surface area contributed by atoms with E-state index in [0.717, 1.165) is 25.0 Å². The number of carbonyl (C=O) groups is 2. The lowest BCUT2D eigenvalue weighted by Crippen LogP contribution is -2.53. The molecule has 1 aliphatic heterocycles. The van der Waals surface area contributed by atoms with Crippen LogP contribution in [0.5, 0.6) is 0 Å². The Labute approximate surface area is 259 Å². The fourth-order valence-electron chi connectivity index (χ4n) is 5.47. The Morgan fingerprint density at radius 3 is 2.47 bits per heavy atom. The highest BCUT2D eigenvalue weighted by molar-refractivity contribution is 5.88. The van der Waals surface area contributed by atoms with E-state index in [9.17, 15) is 14.0 Å². The van der Waals surface area contributed by atoms with E-state index in [4.69, 9.17) is 24.9 Å². The minimum atomic E-state index is -1.31. The van der Waals surface area contributed by atoms with Crippen LogP contribution >= 0.6 is 0 Å². The van der Waals surface area contributed by atoms with E-state index in [1.54, 1.807) is 37.5 Å². The Kier molecular flexibility index (Phi) is 8.55. The van der Waals surface area contributed by atoms with Crippen LogP contribution < -0.4 is 11.1 Å². The molecule has 0 atom stereocenters. The van der Waals surface area contributed by atoms with Gasteiger partial charge in [0.15, 0.2) is 11.4 Å².